The van der Waals surface area contributed by atoms with Crippen LogP contribution in [0.4, 0.5) is 4.39 Å². The smallest absolute Gasteiger partial charge is 0.456 e. The molecule has 9 heteroatoms. The van der Waals surface area contributed by atoms with Gasteiger partial charge in [-0.15, -0.1) is 0 Å². The first-order valence-corrected chi connectivity index (χ1v) is 11.8. The molecule has 1 fully saturated rings. The molecule has 1 aromatic carbocycles. The van der Waals surface area contributed by atoms with Crippen LogP contribution in [0.15, 0.2) is 53.7 Å². The van der Waals surface area contributed by atoms with Gasteiger partial charge < -0.3 is 14.8 Å². The number of fused-ring (bicyclic) bond motifs is 1. The van der Waals surface area contributed by atoms with Gasteiger partial charge in [-0.3, -0.25) is 4.98 Å². The summed E-state index contributed by atoms with van der Waals surface area (Å²) in [6.07, 6.45) is 3.90. The van der Waals surface area contributed by atoms with E-state index in [4.69, 9.17) is 4.65 Å². The molecule has 2 aliphatic heterocycles. The lowest BCUT2D eigenvalue weighted by molar-refractivity contribution is 0.171. The van der Waals surface area contributed by atoms with E-state index in [2.05, 4.69) is 4.98 Å². The Morgan fingerprint density at radius 3 is 2.87 bits per heavy atom. The van der Waals surface area contributed by atoms with Crippen LogP contribution in [0.2, 0.25) is 6.32 Å². The molecular formula is C22H23BFNO5S. The zero-order valence-corrected chi connectivity index (χ0v) is 17.8. The van der Waals surface area contributed by atoms with Gasteiger partial charge in [0, 0.05) is 12.5 Å². The minimum Gasteiger partial charge on any atom is -0.505 e. The number of benzene rings is 1. The number of rotatable bonds is 5. The number of hydrogen-bond donors (Lipinski definition) is 2. The first-order chi connectivity index (χ1) is 14.7. The van der Waals surface area contributed by atoms with E-state index >= 15 is 0 Å². The first kappa shape index (κ1) is 21.7. The number of allylic oxidation sites excluding steroid dienone is 1. The van der Waals surface area contributed by atoms with Crippen LogP contribution in [0.1, 0.15) is 31.0 Å². The molecule has 0 aliphatic carbocycles. The SMILES string of the molecule is CC1=C2[C@@H](CC/C(=C/c3ccc(O)c(F)c3)c3ccccn3)OB(O)C[C@@H]2S(=O)(=O)C1. The Balaban J connectivity index is 1.63. The molecule has 162 valence electrons. The molecule has 6 nitrogen and oxygen atoms in total. The maximum absolute atomic E-state index is 13.8. The van der Waals surface area contributed by atoms with Gasteiger partial charge in [-0.25, -0.2) is 12.8 Å². The highest BCUT2D eigenvalue weighted by Crippen LogP contribution is 2.39. The molecule has 0 radical (unpaired) electrons. The Morgan fingerprint density at radius 2 is 2.16 bits per heavy atom. The molecule has 2 aromatic rings. The van der Waals surface area contributed by atoms with Gasteiger partial charge in [0.1, 0.15) is 0 Å². The van der Waals surface area contributed by atoms with Crippen LogP contribution in [-0.4, -0.2) is 47.8 Å². The molecule has 2 aliphatic rings. The molecule has 3 heterocycles. The molecule has 0 saturated carbocycles. The molecular weight excluding hydrogens is 420 g/mol. The topological polar surface area (TPSA) is 96.7 Å². The van der Waals surface area contributed by atoms with Crippen molar-refractivity contribution in [3.63, 3.8) is 0 Å². The van der Waals surface area contributed by atoms with E-state index in [-0.39, 0.29) is 12.1 Å². The van der Waals surface area contributed by atoms with Crippen LogP contribution in [0.5, 0.6) is 5.75 Å². The summed E-state index contributed by atoms with van der Waals surface area (Å²) in [4.78, 5) is 4.39. The lowest BCUT2D eigenvalue weighted by Gasteiger charge is -2.31. The molecule has 1 aromatic heterocycles. The van der Waals surface area contributed by atoms with E-state index in [0.29, 0.717) is 24.1 Å². The van der Waals surface area contributed by atoms with Gasteiger partial charge in [-0.2, -0.15) is 0 Å². The minimum absolute atomic E-state index is 0.00466. The number of aromatic nitrogens is 1. The summed E-state index contributed by atoms with van der Waals surface area (Å²) >= 11 is 0. The standard InChI is InChI=1S/C22H23BFNO5S/c1-14-13-31(28,29)21-12-23(27)30-20(22(14)21)8-6-16(18-4-2-3-9-25-18)10-15-5-7-19(26)17(24)11-15/h2-5,7,9-11,20-21,26-27H,6,8,12-13H2,1H3/b16-10-/t20-,21+/m1/s1. The predicted octanol–water partition coefficient (Wildman–Crippen LogP) is 3.24. The van der Waals surface area contributed by atoms with Crippen molar-refractivity contribution < 1.29 is 27.6 Å². The van der Waals surface area contributed by atoms with Crippen molar-refractivity contribution in [2.45, 2.75) is 37.4 Å². The van der Waals surface area contributed by atoms with Crippen molar-refractivity contribution in [1.29, 1.82) is 0 Å². The van der Waals surface area contributed by atoms with E-state index in [9.17, 15) is 22.9 Å². The largest absolute Gasteiger partial charge is 0.505 e. The Bertz CT molecular complexity index is 1150. The molecule has 2 N–H and O–H groups in total. The number of phenols is 1. The molecule has 0 spiro atoms. The average Bonchev–Trinajstić information content (AvgIpc) is 2.96. The van der Waals surface area contributed by atoms with Gasteiger partial charge in [0.2, 0.25) is 0 Å². The molecule has 31 heavy (non-hydrogen) atoms. The van der Waals surface area contributed by atoms with Crippen LogP contribution in [0.25, 0.3) is 11.6 Å². The summed E-state index contributed by atoms with van der Waals surface area (Å²) in [7, 11) is -4.45. The number of halogens is 1. The summed E-state index contributed by atoms with van der Waals surface area (Å²) in [5.41, 5.74) is 3.61. The van der Waals surface area contributed by atoms with Crippen LogP contribution in [0.3, 0.4) is 0 Å². The first-order valence-electron chi connectivity index (χ1n) is 10.1. The van der Waals surface area contributed by atoms with Crippen molar-refractivity contribution in [1.82, 2.24) is 4.98 Å². The number of nitrogens with zero attached hydrogens (tertiary/aromatic N) is 1. The summed E-state index contributed by atoms with van der Waals surface area (Å²) in [6.45, 7) is 1.80. The second-order valence-corrected chi connectivity index (χ2v) is 10.2. The van der Waals surface area contributed by atoms with Crippen molar-refractivity contribution in [2.24, 2.45) is 0 Å². The summed E-state index contributed by atoms with van der Waals surface area (Å²) in [6, 6.07) is 9.62. The van der Waals surface area contributed by atoms with E-state index < -0.39 is 39.9 Å². The highest BCUT2D eigenvalue weighted by molar-refractivity contribution is 7.92. The molecule has 2 atom stereocenters. The van der Waals surface area contributed by atoms with Crippen molar-refractivity contribution in [2.75, 3.05) is 5.75 Å². The number of phenolic OH excluding ortho intramolecular Hbond substituents is 1. The van der Waals surface area contributed by atoms with Crippen molar-refractivity contribution in [3.8, 4) is 5.75 Å². The van der Waals surface area contributed by atoms with E-state index in [0.717, 1.165) is 16.7 Å². The number of aromatic hydroxyl groups is 1. The van der Waals surface area contributed by atoms with Crippen LogP contribution in [-0.2, 0) is 14.5 Å². The molecule has 0 amide bonds. The van der Waals surface area contributed by atoms with Gasteiger partial charge in [0.25, 0.3) is 0 Å². The van der Waals surface area contributed by atoms with Crippen molar-refractivity contribution >= 4 is 28.6 Å². The highest BCUT2D eigenvalue weighted by atomic mass is 32.2. The van der Waals surface area contributed by atoms with Crippen LogP contribution < -0.4 is 0 Å². The minimum atomic E-state index is -3.32. The number of hydrogen-bond acceptors (Lipinski definition) is 6. The number of pyridine rings is 1. The predicted molar refractivity (Wildman–Crippen MR) is 117 cm³/mol. The fourth-order valence-corrected chi connectivity index (χ4v) is 6.53. The third-order valence-corrected chi connectivity index (χ3v) is 7.91. The zero-order chi connectivity index (χ0) is 22.2. The Labute approximate surface area is 181 Å². The lowest BCUT2D eigenvalue weighted by atomic mass is 9.74. The lowest BCUT2D eigenvalue weighted by Crippen LogP contribution is -2.41. The second-order valence-electron chi connectivity index (χ2n) is 7.98. The normalized spacial score (nSPS) is 23.2. The van der Waals surface area contributed by atoms with E-state index in [1.807, 2.05) is 12.1 Å². The fourth-order valence-electron chi connectivity index (χ4n) is 4.36. The summed E-state index contributed by atoms with van der Waals surface area (Å²) < 4.78 is 44.5. The van der Waals surface area contributed by atoms with E-state index in [1.165, 1.54) is 12.1 Å². The average molecular weight is 443 g/mol. The highest BCUT2D eigenvalue weighted by Gasteiger charge is 2.47. The maximum Gasteiger partial charge on any atom is 0.456 e. The van der Waals surface area contributed by atoms with Crippen LogP contribution in [0, 0.1) is 5.82 Å². The van der Waals surface area contributed by atoms with Gasteiger partial charge in [-0.1, -0.05) is 17.7 Å². The second kappa shape index (κ2) is 8.57. The molecule has 1 saturated heterocycles. The van der Waals surface area contributed by atoms with Gasteiger partial charge in [0.05, 0.1) is 22.8 Å². The Kier molecular flexibility index (Phi) is 6.01. The van der Waals surface area contributed by atoms with E-state index in [1.54, 1.807) is 31.3 Å². The summed E-state index contributed by atoms with van der Waals surface area (Å²) in [5, 5.41) is 18.9. The molecule has 4 rings (SSSR count). The van der Waals surface area contributed by atoms with Crippen molar-refractivity contribution in [3.05, 3.63) is 70.8 Å². The molecule has 0 bridgehead atoms. The summed E-state index contributed by atoms with van der Waals surface area (Å²) in [5.74, 6) is -1.14. The third kappa shape index (κ3) is 4.58. The Hall–Kier alpha value is -2.49. The Morgan fingerprint density at radius 1 is 1.35 bits per heavy atom. The van der Waals surface area contributed by atoms with Crippen LogP contribution >= 0.6 is 0 Å². The maximum atomic E-state index is 13.8. The third-order valence-electron chi connectivity index (χ3n) is 5.76. The van der Waals surface area contributed by atoms with Gasteiger partial charge in [-0.05, 0) is 66.8 Å². The monoisotopic (exact) mass is 443 g/mol. The number of sulfone groups is 1. The molecule has 0 unspecified atom stereocenters. The quantitative estimate of drug-likeness (QED) is 0.544. The van der Waals surface area contributed by atoms with Gasteiger partial charge in [0.15, 0.2) is 21.4 Å². The van der Waals surface area contributed by atoms with Gasteiger partial charge >= 0.3 is 7.12 Å². The zero-order valence-electron chi connectivity index (χ0n) is 17.0. The fraction of sp³-hybridized carbons (Fsp3) is 0.318.